The Hall–Kier alpha value is -0.210. The number of hydrogen-bond donors (Lipinski definition) is 2. The van der Waals surface area contributed by atoms with E-state index >= 15 is 0 Å². The number of halogens is 6. The molecule has 0 saturated carbocycles. The normalized spacial score (nSPS) is 17.5. The predicted molar refractivity (Wildman–Crippen MR) is 83.5 cm³/mol. The number of phenolic OH excluding ortho intramolecular Hbond substituents is 1. The Labute approximate surface area is 141 Å². The number of phenols is 1. The first-order valence-corrected chi connectivity index (χ1v) is 6.69. The zero-order valence-corrected chi connectivity index (χ0v) is 14.1. The molecule has 0 radical (unpaired) electrons. The van der Waals surface area contributed by atoms with E-state index in [1.165, 1.54) is 23.1 Å². The van der Waals surface area contributed by atoms with E-state index in [1.807, 2.05) is 0 Å². The Morgan fingerprint density at radius 1 is 1.19 bits per heavy atom. The van der Waals surface area contributed by atoms with Crippen molar-refractivity contribution in [3.05, 3.63) is 28.2 Å². The number of nitrogens with zero attached hydrogens (tertiary/aromatic N) is 1. The van der Waals surface area contributed by atoms with Gasteiger partial charge in [0.25, 0.3) is 0 Å². The molecule has 122 valence electrons. The highest BCUT2D eigenvalue weighted by molar-refractivity contribution is 9.10. The lowest BCUT2D eigenvalue weighted by atomic mass is 10.0. The van der Waals surface area contributed by atoms with E-state index in [9.17, 15) is 18.3 Å². The van der Waals surface area contributed by atoms with Crippen LogP contribution in [0.25, 0.3) is 0 Å². The summed E-state index contributed by atoms with van der Waals surface area (Å²) in [6, 6.07) is 2.29. The molecule has 2 rings (SSSR count). The SMILES string of the molecule is Cl.Cl.Oc1ccc([C@H](N2CCNCC2)C(F)(F)F)cc1Br. The lowest BCUT2D eigenvalue weighted by Gasteiger charge is -2.36. The van der Waals surface area contributed by atoms with Crippen LogP contribution in [0.15, 0.2) is 22.7 Å². The first-order valence-electron chi connectivity index (χ1n) is 5.89. The maximum Gasteiger partial charge on any atom is 0.408 e. The standard InChI is InChI=1S/C12H14BrF3N2O.2ClH/c13-9-7-8(1-2-10(9)19)11(12(14,15)16)18-5-3-17-4-6-18;;/h1-2,7,11,17,19H,3-6H2;2*1H/t11-;;/m0../s1. The second-order valence-electron chi connectivity index (χ2n) is 4.44. The molecule has 1 fully saturated rings. The van der Waals surface area contributed by atoms with Gasteiger partial charge in [0.1, 0.15) is 11.8 Å². The van der Waals surface area contributed by atoms with Gasteiger partial charge in [0, 0.05) is 26.2 Å². The van der Waals surface area contributed by atoms with Crippen LogP contribution in [0, 0.1) is 0 Å². The maximum atomic E-state index is 13.3. The predicted octanol–water partition coefficient (Wildman–Crippen LogP) is 3.51. The van der Waals surface area contributed by atoms with Gasteiger partial charge in [0.15, 0.2) is 0 Å². The minimum Gasteiger partial charge on any atom is -0.507 e. The van der Waals surface area contributed by atoms with Gasteiger partial charge in [-0.15, -0.1) is 24.8 Å². The van der Waals surface area contributed by atoms with Crippen molar-refractivity contribution in [2.45, 2.75) is 12.2 Å². The van der Waals surface area contributed by atoms with E-state index in [2.05, 4.69) is 21.2 Å². The summed E-state index contributed by atoms with van der Waals surface area (Å²) < 4.78 is 40.1. The van der Waals surface area contributed by atoms with Crippen molar-refractivity contribution in [3.63, 3.8) is 0 Å². The van der Waals surface area contributed by atoms with E-state index in [4.69, 9.17) is 0 Å². The maximum absolute atomic E-state index is 13.3. The summed E-state index contributed by atoms with van der Waals surface area (Å²) in [4.78, 5) is 1.41. The van der Waals surface area contributed by atoms with Crippen LogP contribution in [0.4, 0.5) is 13.2 Å². The van der Waals surface area contributed by atoms with Gasteiger partial charge < -0.3 is 10.4 Å². The minimum absolute atomic E-state index is 0. The zero-order chi connectivity index (χ0) is 14.0. The molecule has 1 aliphatic rings. The molecule has 0 bridgehead atoms. The number of rotatable bonds is 2. The molecule has 1 aromatic carbocycles. The Bertz CT molecular complexity index is 457. The van der Waals surface area contributed by atoms with Crippen molar-refractivity contribution in [3.8, 4) is 5.75 Å². The van der Waals surface area contributed by atoms with Crippen LogP contribution in [0.3, 0.4) is 0 Å². The van der Waals surface area contributed by atoms with Crippen molar-refractivity contribution >= 4 is 40.7 Å². The van der Waals surface area contributed by atoms with E-state index in [0.717, 1.165) is 0 Å². The molecule has 1 heterocycles. The fourth-order valence-corrected chi connectivity index (χ4v) is 2.64. The molecule has 2 N–H and O–H groups in total. The second kappa shape index (κ2) is 8.43. The molecule has 0 unspecified atom stereocenters. The Kier molecular flexibility index (Phi) is 8.35. The topological polar surface area (TPSA) is 35.5 Å². The molecular weight excluding hydrogens is 396 g/mol. The van der Waals surface area contributed by atoms with Crippen molar-refractivity contribution in [1.29, 1.82) is 0 Å². The molecular formula is C12H16BrCl2F3N2O. The van der Waals surface area contributed by atoms with Gasteiger partial charge in [0.05, 0.1) is 4.47 Å². The van der Waals surface area contributed by atoms with Gasteiger partial charge in [-0.25, -0.2) is 0 Å². The summed E-state index contributed by atoms with van der Waals surface area (Å²) in [6.07, 6.45) is -4.34. The van der Waals surface area contributed by atoms with Crippen LogP contribution in [-0.2, 0) is 0 Å². The third-order valence-corrected chi connectivity index (χ3v) is 3.75. The lowest BCUT2D eigenvalue weighted by molar-refractivity contribution is -0.187. The molecule has 0 spiro atoms. The van der Waals surface area contributed by atoms with Crippen LogP contribution < -0.4 is 5.32 Å². The number of hydrogen-bond acceptors (Lipinski definition) is 3. The molecule has 1 saturated heterocycles. The van der Waals surface area contributed by atoms with Crippen LogP contribution >= 0.6 is 40.7 Å². The lowest BCUT2D eigenvalue weighted by Crippen LogP contribution is -2.49. The summed E-state index contributed by atoms with van der Waals surface area (Å²) >= 11 is 3.06. The molecule has 9 heteroatoms. The van der Waals surface area contributed by atoms with Gasteiger partial charge in [-0.2, -0.15) is 13.2 Å². The van der Waals surface area contributed by atoms with Crippen molar-refractivity contribution in [2.24, 2.45) is 0 Å². The van der Waals surface area contributed by atoms with E-state index < -0.39 is 12.2 Å². The summed E-state index contributed by atoms with van der Waals surface area (Å²) in [5.74, 6) is -0.0648. The van der Waals surface area contributed by atoms with Gasteiger partial charge in [0.2, 0.25) is 0 Å². The summed E-state index contributed by atoms with van der Waals surface area (Å²) in [5.41, 5.74) is 0.138. The molecule has 0 aliphatic carbocycles. The fraction of sp³-hybridized carbons (Fsp3) is 0.500. The molecule has 0 aromatic heterocycles. The van der Waals surface area contributed by atoms with E-state index in [-0.39, 0.29) is 40.6 Å². The minimum atomic E-state index is -4.34. The van der Waals surface area contributed by atoms with Crippen LogP contribution in [0.1, 0.15) is 11.6 Å². The number of alkyl halides is 3. The fourth-order valence-electron chi connectivity index (χ4n) is 2.24. The average molecular weight is 412 g/mol. The van der Waals surface area contributed by atoms with Crippen LogP contribution in [0.2, 0.25) is 0 Å². The smallest absolute Gasteiger partial charge is 0.408 e. The van der Waals surface area contributed by atoms with Crippen LogP contribution in [-0.4, -0.2) is 42.4 Å². The summed E-state index contributed by atoms with van der Waals surface area (Å²) in [5, 5.41) is 12.4. The summed E-state index contributed by atoms with van der Waals surface area (Å²) in [6.45, 7) is 1.79. The Morgan fingerprint density at radius 3 is 2.24 bits per heavy atom. The highest BCUT2D eigenvalue weighted by atomic mass is 79.9. The third-order valence-electron chi connectivity index (χ3n) is 3.11. The molecule has 0 amide bonds. The van der Waals surface area contributed by atoms with Gasteiger partial charge in [-0.1, -0.05) is 6.07 Å². The summed E-state index contributed by atoms with van der Waals surface area (Å²) in [7, 11) is 0. The number of aromatic hydroxyl groups is 1. The molecule has 21 heavy (non-hydrogen) atoms. The monoisotopic (exact) mass is 410 g/mol. The molecule has 3 nitrogen and oxygen atoms in total. The number of piperazine rings is 1. The Balaban J connectivity index is 0.00000200. The van der Waals surface area contributed by atoms with E-state index in [0.29, 0.717) is 26.2 Å². The highest BCUT2D eigenvalue weighted by Crippen LogP contribution is 2.39. The molecule has 1 aromatic rings. The number of nitrogens with one attached hydrogen (secondary N) is 1. The first-order chi connectivity index (χ1) is 8.89. The average Bonchev–Trinajstić information content (AvgIpc) is 2.34. The highest BCUT2D eigenvalue weighted by Gasteiger charge is 2.44. The van der Waals surface area contributed by atoms with Gasteiger partial charge >= 0.3 is 6.18 Å². The van der Waals surface area contributed by atoms with Gasteiger partial charge in [-0.3, -0.25) is 4.90 Å². The van der Waals surface area contributed by atoms with Crippen molar-refractivity contribution in [1.82, 2.24) is 10.2 Å². The molecule has 1 aliphatic heterocycles. The quantitative estimate of drug-likeness (QED) is 0.781. The largest absolute Gasteiger partial charge is 0.507 e. The Morgan fingerprint density at radius 2 is 1.76 bits per heavy atom. The van der Waals surface area contributed by atoms with Gasteiger partial charge in [-0.05, 0) is 33.6 Å². The second-order valence-corrected chi connectivity index (χ2v) is 5.30. The van der Waals surface area contributed by atoms with Crippen molar-refractivity contribution < 1.29 is 18.3 Å². The van der Waals surface area contributed by atoms with Crippen molar-refractivity contribution in [2.75, 3.05) is 26.2 Å². The van der Waals surface area contributed by atoms with E-state index in [1.54, 1.807) is 0 Å². The number of benzene rings is 1. The van der Waals surface area contributed by atoms with Crippen LogP contribution in [0.5, 0.6) is 5.75 Å². The molecule has 1 atom stereocenters. The first kappa shape index (κ1) is 20.8. The third kappa shape index (κ3) is 5.17. The zero-order valence-electron chi connectivity index (χ0n) is 10.9.